The first kappa shape index (κ1) is 27.1. The lowest BCUT2D eigenvalue weighted by Crippen LogP contribution is -2.44. The van der Waals surface area contributed by atoms with Crippen molar-refractivity contribution in [2.24, 2.45) is 11.8 Å². The molecule has 6 heterocycles. The van der Waals surface area contributed by atoms with E-state index in [1.54, 1.807) is 12.3 Å². The summed E-state index contributed by atoms with van der Waals surface area (Å²) in [7, 11) is 0. The third-order valence-corrected chi connectivity index (χ3v) is 7.85. The Morgan fingerprint density at radius 2 is 1.90 bits per heavy atom. The van der Waals surface area contributed by atoms with Gasteiger partial charge in [0.2, 0.25) is 0 Å². The third kappa shape index (κ3) is 5.36. The quantitative estimate of drug-likeness (QED) is 0.472. The molecule has 3 fully saturated rings. The van der Waals surface area contributed by atoms with Crippen molar-refractivity contribution in [2.75, 3.05) is 66.8 Å². The van der Waals surface area contributed by atoms with Crippen molar-refractivity contribution in [3.05, 3.63) is 47.9 Å². The number of hydrogen-bond donors (Lipinski definition) is 2. The van der Waals surface area contributed by atoms with Gasteiger partial charge in [-0.15, -0.1) is 0 Å². The van der Waals surface area contributed by atoms with E-state index in [0.717, 1.165) is 18.8 Å². The lowest BCUT2D eigenvalue weighted by atomic mass is 9.88. The molecule has 3 aromatic rings. The first-order valence-corrected chi connectivity index (χ1v) is 13.4. The molecule has 41 heavy (non-hydrogen) atoms. The van der Waals surface area contributed by atoms with E-state index in [-0.39, 0.29) is 29.1 Å². The lowest BCUT2D eigenvalue weighted by Gasteiger charge is -2.36. The molecule has 0 saturated carbocycles. The minimum Gasteiger partial charge on any atom is -0.382 e. The number of aromatic nitrogens is 4. The highest BCUT2D eigenvalue weighted by Gasteiger charge is 2.41. The average molecular weight is 571 g/mol. The molecule has 1 amide bonds. The second kappa shape index (κ2) is 10.7. The molecule has 3 atom stereocenters. The van der Waals surface area contributed by atoms with E-state index < -0.39 is 23.3 Å². The van der Waals surface area contributed by atoms with Crippen LogP contribution in [0.4, 0.5) is 36.3 Å². The van der Waals surface area contributed by atoms with E-state index in [1.807, 2.05) is 11.0 Å². The van der Waals surface area contributed by atoms with Crippen LogP contribution in [0.2, 0.25) is 0 Å². The van der Waals surface area contributed by atoms with E-state index in [2.05, 4.69) is 37.1 Å². The maximum atomic E-state index is 14.0. The zero-order valence-corrected chi connectivity index (χ0v) is 22.3. The smallest absolute Gasteiger partial charge is 0.382 e. The van der Waals surface area contributed by atoms with Crippen LogP contribution in [0.25, 0.3) is 11.4 Å². The zero-order valence-electron chi connectivity index (χ0n) is 22.3. The molecule has 0 spiro atoms. The summed E-state index contributed by atoms with van der Waals surface area (Å²) in [5.74, 6) is 0.434. The number of halogens is 3. The largest absolute Gasteiger partial charge is 0.418 e. The number of nitrogens with one attached hydrogen (secondary N) is 1. The molecule has 0 radical (unpaired) electrons. The fraction of sp³-hybridized carbons (Fsp3) is 0.444. The maximum Gasteiger partial charge on any atom is 0.418 e. The van der Waals surface area contributed by atoms with E-state index in [4.69, 9.17) is 15.2 Å². The fourth-order valence-corrected chi connectivity index (χ4v) is 5.50. The summed E-state index contributed by atoms with van der Waals surface area (Å²) in [6, 6.07) is 5.89. The molecule has 11 nitrogen and oxygen atoms in total. The molecule has 0 aromatic carbocycles. The summed E-state index contributed by atoms with van der Waals surface area (Å²) >= 11 is 0. The standard InChI is InChI=1S/C27H29F3N8O3/c1-15-16-12-38(13-20(15)41-14-16)19-3-2-6-32-25(19)36-26(39)23-24(31)33-11-18(34-23)22-17(27(28,29)30)4-5-21(35-22)37-7-9-40-10-8-37/h2-6,11,15-16,20H,7-10,12-14H2,1H3,(H2,31,33)(H,32,36,39)/t15-,16+,20+/m0/s1. The summed E-state index contributed by atoms with van der Waals surface area (Å²) in [6.45, 7) is 6.09. The van der Waals surface area contributed by atoms with E-state index >= 15 is 0 Å². The number of rotatable bonds is 5. The Kier molecular flexibility index (Phi) is 7.11. The second-order valence-electron chi connectivity index (χ2n) is 10.4. The molecule has 3 N–H and O–H groups in total. The van der Waals surface area contributed by atoms with Crippen LogP contribution in [0.1, 0.15) is 23.0 Å². The number of alkyl halides is 3. The summed E-state index contributed by atoms with van der Waals surface area (Å²) in [6.07, 6.45) is -2.00. The number of piperidine rings is 1. The molecular weight excluding hydrogens is 541 g/mol. The van der Waals surface area contributed by atoms with Gasteiger partial charge in [-0.1, -0.05) is 6.92 Å². The van der Waals surface area contributed by atoms with Crippen molar-refractivity contribution >= 4 is 29.0 Å². The molecule has 6 rings (SSSR count). The molecular formula is C27H29F3N8O3. The first-order chi connectivity index (χ1) is 19.7. The normalized spacial score (nSPS) is 22.6. The van der Waals surface area contributed by atoms with Crippen molar-refractivity contribution in [1.82, 2.24) is 19.9 Å². The number of amides is 1. The number of anilines is 4. The van der Waals surface area contributed by atoms with Crippen LogP contribution in [0.5, 0.6) is 0 Å². The summed E-state index contributed by atoms with van der Waals surface area (Å²) in [4.78, 5) is 34.2. The minimum atomic E-state index is -4.71. The van der Waals surface area contributed by atoms with Crippen molar-refractivity contribution < 1.29 is 27.4 Å². The van der Waals surface area contributed by atoms with E-state index in [0.29, 0.717) is 62.8 Å². The number of fused-ring (bicyclic) bond motifs is 2. The summed E-state index contributed by atoms with van der Waals surface area (Å²) in [5, 5.41) is 2.73. The number of ether oxygens (including phenoxy) is 2. The van der Waals surface area contributed by atoms with Gasteiger partial charge >= 0.3 is 6.18 Å². The third-order valence-electron chi connectivity index (χ3n) is 7.85. The van der Waals surface area contributed by atoms with Crippen LogP contribution in [0.15, 0.2) is 36.7 Å². The summed E-state index contributed by atoms with van der Waals surface area (Å²) in [5.41, 5.74) is 4.69. The van der Waals surface area contributed by atoms with Crippen molar-refractivity contribution in [3.63, 3.8) is 0 Å². The van der Waals surface area contributed by atoms with Gasteiger partial charge in [0.1, 0.15) is 17.2 Å². The Labute approximate surface area is 233 Å². The summed E-state index contributed by atoms with van der Waals surface area (Å²) < 4.78 is 53.2. The van der Waals surface area contributed by atoms with Gasteiger partial charge in [-0.3, -0.25) is 4.79 Å². The van der Waals surface area contributed by atoms with Gasteiger partial charge in [0.25, 0.3) is 5.91 Å². The number of nitrogens with zero attached hydrogens (tertiary/aromatic N) is 6. The van der Waals surface area contributed by atoms with Crippen LogP contribution < -0.4 is 20.9 Å². The molecule has 3 aliphatic heterocycles. The highest BCUT2D eigenvalue weighted by Crippen LogP contribution is 2.38. The number of carbonyl (C=O) groups excluding carboxylic acids is 1. The van der Waals surface area contributed by atoms with Gasteiger partial charge in [0.15, 0.2) is 17.3 Å². The maximum absolute atomic E-state index is 14.0. The number of hydrogen-bond acceptors (Lipinski definition) is 10. The predicted molar refractivity (Wildman–Crippen MR) is 145 cm³/mol. The molecule has 14 heteroatoms. The topological polar surface area (TPSA) is 132 Å². The van der Waals surface area contributed by atoms with Gasteiger partial charge in [-0.25, -0.2) is 19.9 Å². The Morgan fingerprint density at radius 1 is 1.10 bits per heavy atom. The number of nitrogen functional groups attached to an aromatic ring is 1. The number of nitrogens with two attached hydrogens (primary N) is 1. The predicted octanol–water partition coefficient (Wildman–Crippen LogP) is 3.09. The number of pyridine rings is 2. The zero-order chi connectivity index (χ0) is 28.7. The van der Waals surface area contributed by atoms with Crippen molar-refractivity contribution in [1.29, 1.82) is 0 Å². The highest BCUT2D eigenvalue weighted by molar-refractivity contribution is 6.06. The van der Waals surface area contributed by atoms with Crippen LogP contribution in [-0.2, 0) is 15.7 Å². The molecule has 0 aliphatic carbocycles. The molecule has 0 unspecified atom stereocenters. The molecule has 3 aromatic heterocycles. The van der Waals surface area contributed by atoms with Gasteiger partial charge in [-0.05, 0) is 30.2 Å². The van der Waals surface area contributed by atoms with Crippen LogP contribution in [0, 0.1) is 11.8 Å². The second-order valence-corrected chi connectivity index (χ2v) is 10.4. The van der Waals surface area contributed by atoms with E-state index in [1.165, 1.54) is 6.07 Å². The highest BCUT2D eigenvalue weighted by atomic mass is 19.4. The van der Waals surface area contributed by atoms with Crippen molar-refractivity contribution in [3.8, 4) is 11.4 Å². The van der Waals surface area contributed by atoms with Crippen LogP contribution in [0.3, 0.4) is 0 Å². The SMILES string of the molecule is C[C@H]1[C@H]2CO[C@@H]1CN(c1cccnc1NC(=O)c1nc(-c3nc(N4CCOCC4)ccc3C(F)(F)F)cnc1N)C2. The lowest BCUT2D eigenvalue weighted by molar-refractivity contribution is -0.137. The van der Waals surface area contributed by atoms with Gasteiger partial charge in [0.05, 0.1) is 43.4 Å². The number of morpholine rings is 1. The van der Waals surface area contributed by atoms with Crippen molar-refractivity contribution in [2.45, 2.75) is 19.2 Å². The van der Waals surface area contributed by atoms with E-state index in [9.17, 15) is 18.0 Å². The Hall–Kier alpha value is -4.04. The van der Waals surface area contributed by atoms with Crippen LogP contribution >= 0.6 is 0 Å². The van der Waals surface area contributed by atoms with Gasteiger partial charge in [0, 0.05) is 38.3 Å². The first-order valence-electron chi connectivity index (χ1n) is 13.4. The Bertz CT molecular complexity index is 1440. The molecule has 3 aliphatic rings. The molecule has 3 saturated heterocycles. The Morgan fingerprint density at radius 3 is 2.66 bits per heavy atom. The number of carbonyl (C=O) groups is 1. The fourth-order valence-electron chi connectivity index (χ4n) is 5.50. The molecule has 216 valence electrons. The Balaban J connectivity index is 1.31. The molecule has 2 bridgehead atoms. The monoisotopic (exact) mass is 570 g/mol. The minimum absolute atomic E-state index is 0.0826. The average Bonchev–Trinajstić information content (AvgIpc) is 3.16. The van der Waals surface area contributed by atoms with Crippen LogP contribution in [-0.4, -0.2) is 77.9 Å². The van der Waals surface area contributed by atoms with Gasteiger partial charge < -0.3 is 30.3 Å². The van der Waals surface area contributed by atoms with Gasteiger partial charge in [-0.2, -0.15) is 13.2 Å².